The van der Waals surface area contributed by atoms with Crippen molar-refractivity contribution in [2.75, 3.05) is 13.7 Å². The highest BCUT2D eigenvalue weighted by molar-refractivity contribution is 7.80. The van der Waals surface area contributed by atoms with E-state index in [-0.39, 0.29) is 24.8 Å². The fourth-order valence-corrected chi connectivity index (χ4v) is 0.672. The smallest absolute Gasteiger partial charge is 0.228 e. The van der Waals surface area contributed by atoms with Gasteiger partial charge in [-0.2, -0.15) is 0 Å². The van der Waals surface area contributed by atoms with Crippen LogP contribution in [0.3, 0.4) is 0 Å². The Kier molecular flexibility index (Phi) is 5.79. The molecule has 0 radical (unpaired) electrons. The first-order valence-corrected chi connectivity index (χ1v) is 4.18. The third-order valence-electron chi connectivity index (χ3n) is 1.17. The molecule has 0 fully saturated rings. The van der Waals surface area contributed by atoms with E-state index in [1.807, 2.05) is 0 Å². The molecule has 5 nitrogen and oxygen atoms in total. The summed E-state index contributed by atoms with van der Waals surface area (Å²) < 4.78 is 0. The largest absolute Gasteiger partial charge is 0.366 e. The van der Waals surface area contributed by atoms with Crippen LogP contribution in [0.4, 0.5) is 0 Å². The van der Waals surface area contributed by atoms with Gasteiger partial charge < -0.3 is 16.0 Å². The molecule has 1 amide bonds. The Hall–Kier alpha value is -1.17. The van der Waals surface area contributed by atoms with Crippen LogP contribution >= 0.6 is 12.2 Å². The monoisotopic (exact) mass is 203 g/mol. The summed E-state index contributed by atoms with van der Waals surface area (Å²) in [5.41, 5.74) is 0. The zero-order valence-corrected chi connectivity index (χ0v) is 8.46. The van der Waals surface area contributed by atoms with E-state index in [1.54, 1.807) is 7.05 Å². The van der Waals surface area contributed by atoms with Crippen molar-refractivity contribution >= 4 is 29.0 Å². The number of nitrogens with one attached hydrogen (secondary N) is 3. The highest BCUT2D eigenvalue weighted by Crippen LogP contribution is 1.79. The molecule has 0 saturated carbocycles. The van der Waals surface area contributed by atoms with Crippen molar-refractivity contribution in [3.05, 3.63) is 0 Å². The van der Waals surface area contributed by atoms with Crippen LogP contribution in [0, 0.1) is 0 Å². The summed E-state index contributed by atoms with van der Waals surface area (Å²) in [5.74, 6) is -0.465. The lowest BCUT2D eigenvalue weighted by Crippen LogP contribution is -2.41. The Labute approximate surface area is 82.3 Å². The molecule has 13 heavy (non-hydrogen) atoms. The van der Waals surface area contributed by atoms with Crippen molar-refractivity contribution < 1.29 is 9.59 Å². The normalized spacial score (nSPS) is 8.77. The average Bonchev–Trinajstić information content (AvgIpc) is 2.02. The van der Waals surface area contributed by atoms with Crippen LogP contribution < -0.4 is 16.0 Å². The third kappa shape index (κ3) is 7.20. The number of Topliss-reactive ketones (excluding diaryl/α,β-unsaturated/α-hetero) is 1. The highest BCUT2D eigenvalue weighted by Gasteiger charge is 2.03. The van der Waals surface area contributed by atoms with E-state index < -0.39 is 0 Å². The quantitative estimate of drug-likeness (QED) is 0.315. The van der Waals surface area contributed by atoms with Gasteiger partial charge in [-0.25, -0.2) is 0 Å². The van der Waals surface area contributed by atoms with E-state index in [0.717, 1.165) is 0 Å². The van der Waals surface area contributed by atoms with Crippen LogP contribution in [-0.4, -0.2) is 30.5 Å². The number of ketones is 1. The van der Waals surface area contributed by atoms with Gasteiger partial charge in [0.05, 0.1) is 13.1 Å². The van der Waals surface area contributed by atoms with E-state index in [9.17, 15) is 9.59 Å². The molecule has 0 heterocycles. The van der Waals surface area contributed by atoms with Crippen LogP contribution in [0.15, 0.2) is 0 Å². The zero-order chi connectivity index (χ0) is 10.3. The Balaban J connectivity index is 3.48. The second-order valence-electron chi connectivity index (χ2n) is 2.41. The minimum atomic E-state index is -0.307. The minimum absolute atomic E-state index is 0.0893. The van der Waals surface area contributed by atoms with Crippen molar-refractivity contribution in [2.24, 2.45) is 0 Å². The molecule has 0 aromatic rings. The van der Waals surface area contributed by atoms with Gasteiger partial charge in [-0.1, -0.05) is 0 Å². The maximum absolute atomic E-state index is 10.9. The van der Waals surface area contributed by atoms with Crippen LogP contribution in [0.25, 0.3) is 0 Å². The molecule has 0 saturated heterocycles. The lowest BCUT2D eigenvalue weighted by molar-refractivity contribution is -0.127. The van der Waals surface area contributed by atoms with Crippen molar-refractivity contribution in [3.63, 3.8) is 0 Å². The number of rotatable bonds is 4. The Morgan fingerprint density at radius 1 is 1.31 bits per heavy atom. The first kappa shape index (κ1) is 11.8. The van der Waals surface area contributed by atoms with Crippen LogP contribution in [0.1, 0.15) is 13.3 Å². The highest BCUT2D eigenvalue weighted by atomic mass is 32.1. The van der Waals surface area contributed by atoms with Crippen molar-refractivity contribution in [1.82, 2.24) is 16.0 Å². The van der Waals surface area contributed by atoms with Gasteiger partial charge >= 0.3 is 0 Å². The number of carbonyl (C=O) groups is 2. The predicted molar refractivity (Wildman–Crippen MR) is 53.1 cm³/mol. The van der Waals surface area contributed by atoms with Gasteiger partial charge in [-0.05, 0) is 19.1 Å². The van der Waals surface area contributed by atoms with E-state index in [0.29, 0.717) is 5.11 Å². The van der Waals surface area contributed by atoms with E-state index in [1.165, 1.54) is 6.92 Å². The van der Waals surface area contributed by atoms with Gasteiger partial charge in [0.15, 0.2) is 5.11 Å². The Morgan fingerprint density at radius 3 is 2.38 bits per heavy atom. The van der Waals surface area contributed by atoms with Crippen LogP contribution in [-0.2, 0) is 9.59 Å². The molecule has 0 aliphatic heterocycles. The standard InChI is InChI=1S/C7H13N3O2S/c1-5(11)3-6(12)9-4-10-7(13)8-2/h3-4H2,1-2H3,(H,9,12)(H2,8,10,13). The lowest BCUT2D eigenvalue weighted by atomic mass is 10.3. The van der Waals surface area contributed by atoms with Crippen LogP contribution in [0.2, 0.25) is 0 Å². The molecule has 0 aliphatic rings. The fourth-order valence-electron chi connectivity index (χ4n) is 0.600. The summed E-state index contributed by atoms with van der Waals surface area (Å²) in [6.07, 6.45) is -0.0893. The first-order chi connectivity index (χ1) is 6.06. The summed E-state index contributed by atoms with van der Waals surface area (Å²) in [7, 11) is 1.67. The summed E-state index contributed by atoms with van der Waals surface area (Å²) in [6.45, 7) is 1.59. The fraction of sp³-hybridized carbons (Fsp3) is 0.571. The summed E-state index contributed by atoms with van der Waals surface area (Å²) in [6, 6.07) is 0. The average molecular weight is 203 g/mol. The number of amides is 1. The van der Waals surface area contributed by atoms with E-state index in [4.69, 9.17) is 12.2 Å². The summed E-state index contributed by atoms with van der Waals surface area (Å²) in [4.78, 5) is 21.4. The molecule has 0 rings (SSSR count). The molecular formula is C7H13N3O2S. The number of carbonyl (C=O) groups excluding carboxylic acids is 2. The van der Waals surface area contributed by atoms with E-state index in [2.05, 4.69) is 16.0 Å². The SMILES string of the molecule is CNC(=S)NCNC(=O)CC(C)=O. The van der Waals surface area contributed by atoms with Gasteiger partial charge in [-0.15, -0.1) is 0 Å². The van der Waals surface area contributed by atoms with Gasteiger partial charge in [0.25, 0.3) is 0 Å². The number of hydrogen-bond donors (Lipinski definition) is 3. The third-order valence-corrected chi connectivity index (χ3v) is 1.52. The molecule has 6 heteroatoms. The number of hydrogen-bond acceptors (Lipinski definition) is 3. The number of thiocarbonyl (C=S) groups is 1. The maximum Gasteiger partial charge on any atom is 0.228 e. The molecular weight excluding hydrogens is 190 g/mol. The Bertz CT molecular complexity index is 218. The van der Waals surface area contributed by atoms with E-state index >= 15 is 0 Å². The minimum Gasteiger partial charge on any atom is -0.366 e. The molecule has 0 atom stereocenters. The molecule has 74 valence electrons. The van der Waals surface area contributed by atoms with Gasteiger partial charge in [0, 0.05) is 7.05 Å². The maximum atomic E-state index is 10.9. The Morgan fingerprint density at radius 2 is 1.92 bits per heavy atom. The predicted octanol–water partition coefficient (Wildman–Crippen LogP) is -0.867. The molecule has 0 aromatic carbocycles. The molecule has 0 aromatic heterocycles. The summed E-state index contributed by atoms with van der Waals surface area (Å²) in [5, 5.41) is 8.32. The summed E-state index contributed by atoms with van der Waals surface area (Å²) >= 11 is 4.75. The second kappa shape index (κ2) is 6.36. The topological polar surface area (TPSA) is 70.2 Å². The molecule has 3 N–H and O–H groups in total. The second-order valence-corrected chi connectivity index (χ2v) is 2.82. The van der Waals surface area contributed by atoms with Gasteiger partial charge in [-0.3, -0.25) is 9.59 Å². The molecule has 0 bridgehead atoms. The zero-order valence-electron chi connectivity index (χ0n) is 7.64. The van der Waals surface area contributed by atoms with Crippen LogP contribution in [0.5, 0.6) is 0 Å². The first-order valence-electron chi connectivity index (χ1n) is 3.78. The van der Waals surface area contributed by atoms with Gasteiger partial charge in [0.1, 0.15) is 5.78 Å². The molecule has 0 aliphatic carbocycles. The van der Waals surface area contributed by atoms with Gasteiger partial charge in [0.2, 0.25) is 5.91 Å². The van der Waals surface area contributed by atoms with Crippen molar-refractivity contribution in [2.45, 2.75) is 13.3 Å². The molecule has 0 spiro atoms. The lowest BCUT2D eigenvalue weighted by Gasteiger charge is -2.07. The van der Waals surface area contributed by atoms with Crippen molar-refractivity contribution in [3.8, 4) is 0 Å². The molecule has 0 unspecified atom stereocenters. The van der Waals surface area contributed by atoms with Crippen molar-refractivity contribution in [1.29, 1.82) is 0 Å².